The zero-order valence-corrected chi connectivity index (χ0v) is 21.9. The molecule has 0 amide bonds. The van der Waals surface area contributed by atoms with Gasteiger partial charge in [-0.1, -0.05) is 39.0 Å². The fraction of sp³-hybridized carbons (Fsp3) is 0.500. The van der Waals surface area contributed by atoms with Gasteiger partial charge >= 0.3 is 5.97 Å². The van der Waals surface area contributed by atoms with E-state index in [1.54, 1.807) is 13.2 Å². The van der Waals surface area contributed by atoms with Gasteiger partial charge in [-0.3, -0.25) is 4.90 Å². The van der Waals surface area contributed by atoms with Gasteiger partial charge in [0.05, 0.1) is 38.6 Å². The third-order valence-electron chi connectivity index (χ3n) is 4.84. The zero-order chi connectivity index (χ0) is 25.6. The number of carboxylic acid groups (broad SMARTS) is 1. The number of aromatic carboxylic acids is 1. The number of hydrogen-bond acceptors (Lipinski definition) is 10. The first-order valence-corrected chi connectivity index (χ1v) is 12.7. The van der Waals surface area contributed by atoms with Gasteiger partial charge in [-0.25, -0.2) is 19.7 Å². The van der Waals surface area contributed by atoms with Crippen LogP contribution in [0.2, 0.25) is 0 Å². The summed E-state index contributed by atoms with van der Waals surface area (Å²) in [5.74, 6) is 0.676. The molecule has 0 aliphatic carbocycles. The van der Waals surface area contributed by atoms with Gasteiger partial charge in [0.15, 0.2) is 16.6 Å². The second kappa shape index (κ2) is 15.1. The number of nitrogens with zero attached hydrogens (tertiary/aromatic N) is 4. The first-order chi connectivity index (χ1) is 17.1. The van der Waals surface area contributed by atoms with Crippen LogP contribution in [0.1, 0.15) is 43.8 Å². The number of carbonyl (C=O) groups is 1. The minimum atomic E-state index is -1.02. The minimum absolute atomic E-state index is 0.145. The maximum atomic E-state index is 11.1. The lowest BCUT2D eigenvalue weighted by molar-refractivity contribution is 0.0357. The third-order valence-corrected chi connectivity index (χ3v) is 5.74. The summed E-state index contributed by atoms with van der Waals surface area (Å²) < 4.78 is 16.9. The van der Waals surface area contributed by atoms with Crippen molar-refractivity contribution in [2.45, 2.75) is 34.1 Å². The number of nitrogens with one attached hydrogen (secondary N) is 1. The molecule has 2 N–H and O–H groups in total. The van der Waals surface area contributed by atoms with Gasteiger partial charge in [-0.05, 0) is 12.5 Å². The van der Waals surface area contributed by atoms with Gasteiger partial charge in [0.1, 0.15) is 17.0 Å². The maximum absolute atomic E-state index is 11.1. The lowest BCUT2D eigenvalue weighted by atomic mass is 10.2. The second-order valence-corrected chi connectivity index (χ2v) is 7.89. The summed E-state index contributed by atoms with van der Waals surface area (Å²) in [5.41, 5.74) is 0.677. The standard InChI is InChI=1S/C20H23N5O5S.2C2H6/c1-28-15-9-13-14(10-16(15)30-6-2-3-25-4-7-29-8-5-25)22-12-23-18(13)24-20-21-11-17(31-20)19(26)27;2*1-2/h9-12H,2-8H2,1H3,(H,26,27)(H,21,22,23,24);2*1-2H3. The fourth-order valence-corrected chi connectivity index (χ4v) is 3.92. The average molecular weight is 506 g/mol. The molecule has 3 aromatic rings. The number of fused-ring (bicyclic) bond motifs is 1. The Kier molecular flexibility index (Phi) is 12.2. The number of benzene rings is 1. The molecule has 2 aromatic heterocycles. The summed E-state index contributed by atoms with van der Waals surface area (Å²) in [6, 6.07) is 3.63. The SMILES string of the molecule is CC.CC.COc1cc2c(Nc3ncc(C(=O)O)s3)ncnc2cc1OCCCN1CCOCC1. The molecule has 35 heavy (non-hydrogen) atoms. The van der Waals surface area contributed by atoms with Gasteiger partial charge in [-0.2, -0.15) is 0 Å². The predicted octanol–water partition coefficient (Wildman–Crippen LogP) is 4.69. The van der Waals surface area contributed by atoms with Crippen molar-refractivity contribution in [2.75, 3.05) is 51.9 Å². The molecule has 0 atom stereocenters. The Morgan fingerprint density at radius 2 is 1.89 bits per heavy atom. The highest BCUT2D eigenvalue weighted by atomic mass is 32.1. The lowest BCUT2D eigenvalue weighted by Gasteiger charge is -2.26. The van der Waals surface area contributed by atoms with Crippen LogP contribution >= 0.6 is 11.3 Å². The number of thiazole rings is 1. The van der Waals surface area contributed by atoms with Crippen LogP contribution in [0.15, 0.2) is 24.7 Å². The molecule has 1 fully saturated rings. The Bertz CT molecular complexity index is 1060. The number of ether oxygens (including phenoxy) is 3. The monoisotopic (exact) mass is 505 g/mol. The summed E-state index contributed by atoms with van der Waals surface area (Å²) in [6.45, 7) is 13.0. The Hall–Kier alpha value is -3.02. The number of morpholine rings is 1. The Balaban J connectivity index is 0.00000103. The van der Waals surface area contributed by atoms with Crippen molar-refractivity contribution >= 4 is 39.2 Å². The van der Waals surface area contributed by atoms with Crippen LogP contribution in [0.25, 0.3) is 10.9 Å². The Labute approximate surface area is 210 Å². The van der Waals surface area contributed by atoms with Crippen molar-refractivity contribution in [3.63, 3.8) is 0 Å². The van der Waals surface area contributed by atoms with E-state index in [0.29, 0.717) is 40.0 Å². The smallest absolute Gasteiger partial charge is 0.347 e. The maximum Gasteiger partial charge on any atom is 0.347 e. The van der Waals surface area contributed by atoms with Gasteiger partial charge in [0, 0.05) is 31.1 Å². The molecular formula is C24H35N5O5S. The van der Waals surface area contributed by atoms with Crippen LogP contribution < -0.4 is 14.8 Å². The van der Waals surface area contributed by atoms with Gasteiger partial charge in [0.25, 0.3) is 0 Å². The molecule has 10 nitrogen and oxygen atoms in total. The van der Waals surface area contributed by atoms with E-state index in [4.69, 9.17) is 19.3 Å². The van der Waals surface area contributed by atoms with E-state index in [9.17, 15) is 4.79 Å². The van der Waals surface area contributed by atoms with Crippen LogP contribution in [0.5, 0.6) is 11.5 Å². The first-order valence-electron chi connectivity index (χ1n) is 11.9. The molecule has 0 unspecified atom stereocenters. The van der Waals surface area contributed by atoms with E-state index in [1.807, 2.05) is 33.8 Å². The largest absolute Gasteiger partial charge is 0.493 e. The normalized spacial score (nSPS) is 13.2. The molecule has 192 valence electrons. The van der Waals surface area contributed by atoms with E-state index in [1.165, 1.54) is 12.5 Å². The van der Waals surface area contributed by atoms with Crippen molar-refractivity contribution < 1.29 is 24.1 Å². The van der Waals surface area contributed by atoms with E-state index in [-0.39, 0.29) is 4.88 Å². The third kappa shape index (κ3) is 8.01. The minimum Gasteiger partial charge on any atom is -0.493 e. The van der Waals surface area contributed by atoms with E-state index in [2.05, 4.69) is 25.2 Å². The number of methoxy groups -OCH3 is 1. The number of hydrogen-bond donors (Lipinski definition) is 2. The molecule has 0 radical (unpaired) electrons. The predicted molar refractivity (Wildman–Crippen MR) is 139 cm³/mol. The molecule has 0 saturated carbocycles. The second-order valence-electron chi connectivity index (χ2n) is 6.86. The highest BCUT2D eigenvalue weighted by Gasteiger charge is 2.15. The molecule has 1 saturated heterocycles. The molecular weight excluding hydrogens is 470 g/mol. The summed E-state index contributed by atoms with van der Waals surface area (Å²) in [4.78, 5) is 26.3. The molecule has 1 aromatic carbocycles. The molecule has 1 aliphatic rings. The van der Waals surface area contributed by atoms with Crippen molar-refractivity contribution in [1.29, 1.82) is 0 Å². The van der Waals surface area contributed by atoms with Crippen molar-refractivity contribution in [3.8, 4) is 11.5 Å². The van der Waals surface area contributed by atoms with Crippen LogP contribution in [0.3, 0.4) is 0 Å². The summed E-state index contributed by atoms with van der Waals surface area (Å²) in [5, 5.41) is 13.3. The summed E-state index contributed by atoms with van der Waals surface area (Å²) >= 11 is 1.03. The van der Waals surface area contributed by atoms with E-state index in [0.717, 1.165) is 50.6 Å². The van der Waals surface area contributed by atoms with Crippen molar-refractivity contribution in [3.05, 3.63) is 29.5 Å². The fourth-order valence-electron chi connectivity index (χ4n) is 3.26. The topological polar surface area (TPSA) is 119 Å². The molecule has 4 rings (SSSR count). The number of carboxylic acids is 1. The van der Waals surface area contributed by atoms with E-state index < -0.39 is 5.97 Å². The average Bonchev–Trinajstić information content (AvgIpc) is 3.38. The molecule has 1 aliphatic heterocycles. The highest BCUT2D eigenvalue weighted by Crippen LogP contribution is 2.35. The van der Waals surface area contributed by atoms with Crippen LogP contribution in [0.4, 0.5) is 10.9 Å². The zero-order valence-electron chi connectivity index (χ0n) is 21.0. The highest BCUT2D eigenvalue weighted by molar-refractivity contribution is 7.17. The molecule has 11 heteroatoms. The van der Waals surface area contributed by atoms with Gasteiger partial charge < -0.3 is 24.6 Å². The summed E-state index contributed by atoms with van der Waals surface area (Å²) in [7, 11) is 1.58. The molecule has 0 spiro atoms. The van der Waals surface area contributed by atoms with Crippen molar-refractivity contribution in [1.82, 2.24) is 19.9 Å². The quantitative estimate of drug-likeness (QED) is 0.396. The number of aromatic nitrogens is 3. The Morgan fingerprint density at radius 1 is 1.14 bits per heavy atom. The van der Waals surface area contributed by atoms with Crippen LogP contribution in [-0.2, 0) is 4.74 Å². The van der Waals surface area contributed by atoms with Crippen LogP contribution in [-0.4, -0.2) is 77.5 Å². The molecule has 3 heterocycles. The first kappa shape index (κ1) is 28.2. The van der Waals surface area contributed by atoms with Gasteiger partial charge in [-0.15, -0.1) is 0 Å². The molecule has 0 bridgehead atoms. The number of anilines is 2. The lowest BCUT2D eigenvalue weighted by Crippen LogP contribution is -2.37. The van der Waals surface area contributed by atoms with E-state index >= 15 is 0 Å². The Morgan fingerprint density at radius 3 is 2.54 bits per heavy atom. The summed E-state index contributed by atoms with van der Waals surface area (Å²) in [6.07, 6.45) is 3.64. The van der Waals surface area contributed by atoms with Gasteiger partial charge in [0.2, 0.25) is 0 Å². The number of rotatable bonds is 9. The van der Waals surface area contributed by atoms with Crippen LogP contribution in [0, 0.1) is 0 Å². The van der Waals surface area contributed by atoms with Crippen molar-refractivity contribution in [2.24, 2.45) is 0 Å².